The predicted octanol–water partition coefficient (Wildman–Crippen LogP) is 6.48. The van der Waals surface area contributed by atoms with Crippen LogP contribution in [0.25, 0.3) is 21.5 Å². The zero-order valence-corrected chi connectivity index (χ0v) is 18.4. The molecule has 31 heavy (non-hydrogen) atoms. The van der Waals surface area contributed by atoms with Crippen molar-refractivity contribution >= 4 is 27.6 Å². The van der Waals surface area contributed by atoms with Gasteiger partial charge in [0.2, 0.25) is 0 Å². The first-order valence-corrected chi connectivity index (χ1v) is 10.4. The molecule has 0 aromatic heterocycles. The molecule has 0 heterocycles. The number of carbonyl (C=O) groups excluding carboxylic acids is 1. The third kappa shape index (κ3) is 4.48. The molecule has 0 fully saturated rings. The molecule has 1 N–H and O–H groups in total. The minimum absolute atomic E-state index is 0.382. The maximum Gasteiger partial charge on any atom is 0.413 e. The molecule has 0 unspecified atom stereocenters. The molecule has 4 rings (SSSR count). The van der Waals surface area contributed by atoms with Crippen LogP contribution >= 0.6 is 0 Å². The van der Waals surface area contributed by atoms with Crippen LogP contribution in [0.15, 0.2) is 72.8 Å². The van der Waals surface area contributed by atoms with Gasteiger partial charge in [-0.15, -0.1) is 0 Å². The standard InChI is InChI=1S/C27H27NO3/c1-27(2,3)28-26(29)31-25-16-14-19-10-6-8-12-21(19)23(25)17-22-20-11-7-5-9-18(20)13-15-24(22)30-4/h5-16H,17H2,1-4H3,(H,28,29). The summed E-state index contributed by atoms with van der Waals surface area (Å²) in [7, 11) is 1.69. The number of carbonyl (C=O) groups is 1. The maximum atomic E-state index is 12.5. The van der Waals surface area contributed by atoms with Gasteiger partial charge in [0.25, 0.3) is 0 Å². The van der Waals surface area contributed by atoms with E-state index in [1.807, 2.05) is 63.2 Å². The molecular formula is C27H27NO3. The quantitative estimate of drug-likeness (QED) is 0.416. The van der Waals surface area contributed by atoms with Crippen molar-refractivity contribution in [3.63, 3.8) is 0 Å². The second-order valence-electron chi connectivity index (χ2n) is 8.67. The van der Waals surface area contributed by atoms with Crippen LogP contribution in [-0.2, 0) is 6.42 Å². The first kappa shape index (κ1) is 20.7. The minimum Gasteiger partial charge on any atom is -0.496 e. The summed E-state index contributed by atoms with van der Waals surface area (Å²) in [6.45, 7) is 5.78. The van der Waals surface area contributed by atoms with Gasteiger partial charge >= 0.3 is 6.09 Å². The Balaban J connectivity index is 1.85. The number of benzene rings is 4. The summed E-state index contributed by atoms with van der Waals surface area (Å²) in [4.78, 5) is 12.5. The van der Waals surface area contributed by atoms with E-state index in [-0.39, 0.29) is 5.54 Å². The summed E-state index contributed by atoms with van der Waals surface area (Å²) in [6, 6.07) is 24.3. The van der Waals surface area contributed by atoms with Crippen LogP contribution in [0.4, 0.5) is 4.79 Å². The largest absolute Gasteiger partial charge is 0.496 e. The van der Waals surface area contributed by atoms with Gasteiger partial charge in [0.05, 0.1) is 7.11 Å². The van der Waals surface area contributed by atoms with Gasteiger partial charge in [0.1, 0.15) is 11.5 Å². The molecule has 0 saturated heterocycles. The first-order chi connectivity index (χ1) is 14.9. The summed E-state index contributed by atoms with van der Waals surface area (Å²) in [5.74, 6) is 1.37. The monoisotopic (exact) mass is 413 g/mol. The fourth-order valence-corrected chi connectivity index (χ4v) is 3.89. The van der Waals surface area contributed by atoms with Crippen LogP contribution in [0.1, 0.15) is 31.9 Å². The minimum atomic E-state index is -0.464. The molecule has 4 heteroatoms. The Hall–Kier alpha value is -3.53. The smallest absolute Gasteiger partial charge is 0.413 e. The zero-order chi connectivity index (χ0) is 22.0. The molecule has 0 saturated carbocycles. The molecule has 0 aliphatic heterocycles. The van der Waals surface area contributed by atoms with E-state index in [0.717, 1.165) is 38.4 Å². The average Bonchev–Trinajstić information content (AvgIpc) is 2.74. The number of hydrogen-bond acceptors (Lipinski definition) is 3. The topological polar surface area (TPSA) is 47.6 Å². The normalized spacial score (nSPS) is 11.5. The molecule has 0 radical (unpaired) electrons. The second-order valence-corrected chi connectivity index (χ2v) is 8.67. The van der Waals surface area contributed by atoms with Gasteiger partial charge in [0.15, 0.2) is 0 Å². The number of rotatable bonds is 4. The highest BCUT2D eigenvalue weighted by molar-refractivity contribution is 5.92. The highest BCUT2D eigenvalue weighted by Crippen LogP contribution is 2.36. The highest BCUT2D eigenvalue weighted by atomic mass is 16.6. The molecule has 0 spiro atoms. The van der Waals surface area contributed by atoms with E-state index in [0.29, 0.717) is 12.2 Å². The van der Waals surface area contributed by atoms with Crippen molar-refractivity contribution in [2.75, 3.05) is 7.11 Å². The van der Waals surface area contributed by atoms with Gasteiger partial charge in [-0.25, -0.2) is 4.79 Å². The van der Waals surface area contributed by atoms with E-state index in [9.17, 15) is 4.79 Å². The van der Waals surface area contributed by atoms with E-state index in [1.165, 1.54) is 0 Å². The molecular weight excluding hydrogens is 386 g/mol. The Bertz CT molecular complexity index is 1250. The van der Waals surface area contributed by atoms with E-state index in [2.05, 4.69) is 35.6 Å². The van der Waals surface area contributed by atoms with Crippen LogP contribution < -0.4 is 14.8 Å². The summed E-state index contributed by atoms with van der Waals surface area (Å²) < 4.78 is 11.5. The Kier molecular flexibility index (Phi) is 5.55. The Morgan fingerprint density at radius 3 is 1.84 bits per heavy atom. The van der Waals surface area contributed by atoms with E-state index < -0.39 is 6.09 Å². The lowest BCUT2D eigenvalue weighted by molar-refractivity contribution is 0.190. The molecule has 1 amide bonds. The molecule has 158 valence electrons. The van der Waals surface area contributed by atoms with Crippen LogP contribution in [0.3, 0.4) is 0 Å². The summed E-state index contributed by atoms with van der Waals surface area (Å²) >= 11 is 0. The average molecular weight is 414 g/mol. The van der Waals surface area contributed by atoms with Gasteiger partial charge in [-0.05, 0) is 54.4 Å². The number of fused-ring (bicyclic) bond motifs is 2. The van der Waals surface area contributed by atoms with E-state index in [4.69, 9.17) is 9.47 Å². The molecule has 0 aliphatic carbocycles. The molecule has 0 bridgehead atoms. The van der Waals surface area contributed by atoms with Crippen molar-refractivity contribution in [3.05, 3.63) is 83.9 Å². The number of methoxy groups -OCH3 is 1. The highest BCUT2D eigenvalue weighted by Gasteiger charge is 2.19. The van der Waals surface area contributed by atoms with Gasteiger partial charge in [-0.1, -0.05) is 60.7 Å². The van der Waals surface area contributed by atoms with Crippen LogP contribution in [0.2, 0.25) is 0 Å². The lowest BCUT2D eigenvalue weighted by Crippen LogP contribution is -2.42. The predicted molar refractivity (Wildman–Crippen MR) is 126 cm³/mol. The number of ether oxygens (including phenoxy) is 2. The lowest BCUT2D eigenvalue weighted by Gasteiger charge is -2.21. The van der Waals surface area contributed by atoms with Crippen LogP contribution in [0, 0.1) is 0 Å². The van der Waals surface area contributed by atoms with Crippen molar-refractivity contribution in [1.29, 1.82) is 0 Å². The molecule has 4 nitrogen and oxygen atoms in total. The Morgan fingerprint density at radius 1 is 0.774 bits per heavy atom. The fourth-order valence-electron chi connectivity index (χ4n) is 3.89. The van der Waals surface area contributed by atoms with Gasteiger partial charge < -0.3 is 14.8 Å². The van der Waals surface area contributed by atoms with Crippen molar-refractivity contribution in [2.24, 2.45) is 0 Å². The molecule has 4 aromatic rings. The Labute approximate surface area is 182 Å². The van der Waals surface area contributed by atoms with Gasteiger partial charge in [-0.3, -0.25) is 0 Å². The molecule has 0 aliphatic rings. The van der Waals surface area contributed by atoms with Gasteiger partial charge in [-0.2, -0.15) is 0 Å². The van der Waals surface area contributed by atoms with Gasteiger partial charge in [0, 0.05) is 23.1 Å². The van der Waals surface area contributed by atoms with Crippen molar-refractivity contribution < 1.29 is 14.3 Å². The van der Waals surface area contributed by atoms with Crippen LogP contribution in [0.5, 0.6) is 11.5 Å². The zero-order valence-electron chi connectivity index (χ0n) is 18.4. The third-order valence-electron chi connectivity index (χ3n) is 5.25. The Morgan fingerprint density at radius 2 is 1.29 bits per heavy atom. The first-order valence-electron chi connectivity index (χ1n) is 10.4. The maximum absolute atomic E-state index is 12.5. The second kappa shape index (κ2) is 8.31. The van der Waals surface area contributed by atoms with Crippen LogP contribution in [-0.4, -0.2) is 18.7 Å². The summed E-state index contributed by atoms with van der Waals surface area (Å²) in [5, 5.41) is 7.29. The molecule has 0 atom stereocenters. The number of amides is 1. The van der Waals surface area contributed by atoms with E-state index >= 15 is 0 Å². The third-order valence-corrected chi connectivity index (χ3v) is 5.25. The number of nitrogens with one attached hydrogen (secondary N) is 1. The summed E-state index contributed by atoms with van der Waals surface area (Å²) in [5.41, 5.74) is 1.64. The lowest BCUT2D eigenvalue weighted by atomic mass is 9.93. The van der Waals surface area contributed by atoms with Crippen molar-refractivity contribution in [3.8, 4) is 11.5 Å². The number of hydrogen-bond donors (Lipinski definition) is 1. The SMILES string of the molecule is COc1ccc2ccccc2c1Cc1c(OC(=O)NC(C)(C)C)ccc2ccccc12. The van der Waals surface area contributed by atoms with E-state index in [1.54, 1.807) is 7.11 Å². The van der Waals surface area contributed by atoms with Crippen molar-refractivity contribution in [2.45, 2.75) is 32.7 Å². The fraction of sp³-hybridized carbons (Fsp3) is 0.222. The van der Waals surface area contributed by atoms with Crippen molar-refractivity contribution in [1.82, 2.24) is 5.32 Å². The molecule has 4 aromatic carbocycles. The summed E-state index contributed by atoms with van der Waals surface area (Å²) in [6.07, 6.45) is 0.109.